The predicted molar refractivity (Wildman–Crippen MR) is 134 cm³/mol. The van der Waals surface area contributed by atoms with Crippen LogP contribution in [-0.2, 0) is 30.9 Å². The van der Waals surface area contributed by atoms with Gasteiger partial charge in [0.05, 0.1) is 25.5 Å². The van der Waals surface area contributed by atoms with Crippen LogP contribution in [0.15, 0.2) is 85.3 Å². The summed E-state index contributed by atoms with van der Waals surface area (Å²) in [6, 6.07) is 23.4. The number of ether oxygens (including phenoxy) is 1. The standard InChI is InChI=1S/C28H31N5O/c1-2-5-24(6-3-1)21-33-22-27(28(31-33)26-7-4-12-29-18-26)19-30-17-23-8-10-25(11-9-23)20-32-13-15-34-16-14-32/h1-12,18,22,30H,13-17,19-21H2. The minimum atomic E-state index is 0.745. The lowest BCUT2D eigenvalue weighted by atomic mass is 10.1. The van der Waals surface area contributed by atoms with Crippen molar-refractivity contribution in [3.8, 4) is 11.3 Å². The van der Waals surface area contributed by atoms with Crippen LogP contribution in [0.25, 0.3) is 11.3 Å². The zero-order chi connectivity index (χ0) is 23.0. The lowest BCUT2D eigenvalue weighted by Crippen LogP contribution is -2.35. The third-order valence-corrected chi connectivity index (χ3v) is 6.14. The van der Waals surface area contributed by atoms with Crippen molar-refractivity contribution in [2.75, 3.05) is 26.3 Å². The summed E-state index contributed by atoms with van der Waals surface area (Å²) in [4.78, 5) is 6.74. The normalized spacial score (nSPS) is 14.4. The average molecular weight is 454 g/mol. The summed E-state index contributed by atoms with van der Waals surface area (Å²) >= 11 is 0. The molecule has 0 spiro atoms. The van der Waals surface area contributed by atoms with E-state index in [0.717, 1.165) is 63.7 Å². The van der Waals surface area contributed by atoms with Crippen LogP contribution in [0.1, 0.15) is 22.3 Å². The molecule has 6 nitrogen and oxygen atoms in total. The highest BCUT2D eigenvalue weighted by Gasteiger charge is 2.13. The third kappa shape index (κ3) is 5.97. The van der Waals surface area contributed by atoms with Crippen molar-refractivity contribution < 1.29 is 4.74 Å². The first-order chi connectivity index (χ1) is 16.8. The van der Waals surface area contributed by atoms with Crippen LogP contribution < -0.4 is 5.32 Å². The van der Waals surface area contributed by atoms with Crippen molar-refractivity contribution in [2.45, 2.75) is 26.2 Å². The molecule has 34 heavy (non-hydrogen) atoms. The number of nitrogens with one attached hydrogen (secondary N) is 1. The number of hydrogen-bond acceptors (Lipinski definition) is 5. The molecule has 0 atom stereocenters. The summed E-state index contributed by atoms with van der Waals surface area (Å²) in [5, 5.41) is 8.50. The Morgan fingerprint density at radius 2 is 1.56 bits per heavy atom. The van der Waals surface area contributed by atoms with Crippen LogP contribution in [-0.4, -0.2) is 46.0 Å². The summed E-state index contributed by atoms with van der Waals surface area (Å²) in [7, 11) is 0. The number of benzene rings is 2. The summed E-state index contributed by atoms with van der Waals surface area (Å²) in [5.41, 5.74) is 7.07. The zero-order valence-electron chi connectivity index (χ0n) is 19.4. The van der Waals surface area contributed by atoms with E-state index in [1.54, 1.807) is 6.20 Å². The third-order valence-electron chi connectivity index (χ3n) is 6.14. The van der Waals surface area contributed by atoms with E-state index in [4.69, 9.17) is 9.84 Å². The smallest absolute Gasteiger partial charge is 0.0983 e. The van der Waals surface area contributed by atoms with Gasteiger partial charge in [-0.15, -0.1) is 0 Å². The minimum absolute atomic E-state index is 0.745. The molecule has 6 heteroatoms. The number of pyridine rings is 1. The van der Waals surface area contributed by atoms with Crippen LogP contribution in [0.2, 0.25) is 0 Å². The highest BCUT2D eigenvalue weighted by Crippen LogP contribution is 2.22. The Kier molecular flexibility index (Phi) is 7.40. The molecule has 1 aliphatic heterocycles. The summed E-state index contributed by atoms with van der Waals surface area (Å²) in [6.45, 7) is 7.00. The molecule has 0 amide bonds. The number of rotatable bonds is 9. The molecule has 2 aromatic heterocycles. The molecule has 174 valence electrons. The molecular weight excluding hydrogens is 422 g/mol. The molecule has 1 N–H and O–H groups in total. The second kappa shape index (κ2) is 11.2. The average Bonchev–Trinajstić information content (AvgIpc) is 3.29. The lowest BCUT2D eigenvalue weighted by molar-refractivity contribution is 0.0342. The Bertz CT molecular complexity index is 1150. The highest BCUT2D eigenvalue weighted by atomic mass is 16.5. The van der Waals surface area contributed by atoms with Crippen LogP contribution in [0.4, 0.5) is 0 Å². The van der Waals surface area contributed by atoms with Gasteiger partial charge in [-0.2, -0.15) is 5.10 Å². The zero-order valence-corrected chi connectivity index (χ0v) is 19.4. The molecule has 0 unspecified atom stereocenters. The second-order valence-corrected chi connectivity index (χ2v) is 8.74. The summed E-state index contributed by atoms with van der Waals surface area (Å²) in [5.74, 6) is 0. The molecule has 0 aliphatic carbocycles. The fraction of sp³-hybridized carbons (Fsp3) is 0.286. The van der Waals surface area contributed by atoms with Crippen LogP contribution in [0.5, 0.6) is 0 Å². The number of morpholine rings is 1. The molecule has 5 rings (SSSR count). The van der Waals surface area contributed by atoms with Crippen molar-refractivity contribution in [3.05, 3.63) is 108 Å². The van der Waals surface area contributed by atoms with Gasteiger partial charge in [-0.3, -0.25) is 14.6 Å². The summed E-state index contributed by atoms with van der Waals surface area (Å²) in [6.07, 6.45) is 5.82. The van der Waals surface area contributed by atoms with E-state index >= 15 is 0 Å². The van der Waals surface area contributed by atoms with E-state index in [2.05, 4.69) is 76.0 Å². The van der Waals surface area contributed by atoms with E-state index in [1.165, 1.54) is 22.3 Å². The fourth-order valence-corrected chi connectivity index (χ4v) is 4.31. The van der Waals surface area contributed by atoms with Gasteiger partial charge >= 0.3 is 0 Å². The molecular formula is C28H31N5O. The van der Waals surface area contributed by atoms with Gasteiger partial charge in [-0.1, -0.05) is 54.6 Å². The topological polar surface area (TPSA) is 55.2 Å². The first kappa shape index (κ1) is 22.5. The fourth-order valence-electron chi connectivity index (χ4n) is 4.31. The van der Waals surface area contributed by atoms with Gasteiger partial charge in [0.25, 0.3) is 0 Å². The van der Waals surface area contributed by atoms with Gasteiger partial charge in [0.15, 0.2) is 0 Å². The molecule has 0 radical (unpaired) electrons. The molecule has 1 saturated heterocycles. The maximum absolute atomic E-state index is 5.45. The lowest BCUT2D eigenvalue weighted by Gasteiger charge is -2.26. The molecule has 0 saturated carbocycles. The van der Waals surface area contributed by atoms with Gasteiger partial charge in [-0.25, -0.2) is 0 Å². The molecule has 0 bridgehead atoms. The summed E-state index contributed by atoms with van der Waals surface area (Å²) < 4.78 is 7.47. The monoisotopic (exact) mass is 453 g/mol. The Balaban J connectivity index is 1.22. The Morgan fingerprint density at radius 1 is 0.794 bits per heavy atom. The molecule has 2 aromatic carbocycles. The van der Waals surface area contributed by atoms with Gasteiger partial charge in [0, 0.05) is 62.4 Å². The second-order valence-electron chi connectivity index (χ2n) is 8.74. The Labute approximate surface area is 201 Å². The van der Waals surface area contributed by atoms with E-state index < -0.39 is 0 Å². The number of hydrogen-bond donors (Lipinski definition) is 1. The maximum Gasteiger partial charge on any atom is 0.0983 e. The van der Waals surface area contributed by atoms with Gasteiger partial charge in [-0.05, 0) is 28.8 Å². The van der Waals surface area contributed by atoms with Gasteiger partial charge in [0.2, 0.25) is 0 Å². The number of aromatic nitrogens is 3. The van der Waals surface area contributed by atoms with Gasteiger partial charge < -0.3 is 10.1 Å². The molecule has 4 aromatic rings. The highest BCUT2D eigenvalue weighted by molar-refractivity contribution is 5.61. The largest absolute Gasteiger partial charge is 0.379 e. The van der Waals surface area contributed by atoms with E-state index in [1.807, 2.05) is 23.0 Å². The van der Waals surface area contributed by atoms with E-state index in [0.29, 0.717) is 0 Å². The minimum Gasteiger partial charge on any atom is -0.379 e. The van der Waals surface area contributed by atoms with Gasteiger partial charge in [0.1, 0.15) is 0 Å². The quantitative estimate of drug-likeness (QED) is 0.413. The first-order valence-electron chi connectivity index (χ1n) is 11.9. The predicted octanol–water partition coefficient (Wildman–Crippen LogP) is 4.12. The maximum atomic E-state index is 5.45. The van der Waals surface area contributed by atoms with Crippen LogP contribution in [0.3, 0.4) is 0 Å². The molecule has 3 heterocycles. The van der Waals surface area contributed by atoms with Crippen molar-refractivity contribution in [2.24, 2.45) is 0 Å². The first-order valence-corrected chi connectivity index (χ1v) is 11.9. The van der Waals surface area contributed by atoms with Crippen LogP contribution >= 0.6 is 0 Å². The molecule has 1 aliphatic rings. The Hall–Kier alpha value is -3.32. The van der Waals surface area contributed by atoms with Crippen LogP contribution in [0, 0.1) is 0 Å². The number of nitrogens with zero attached hydrogens (tertiary/aromatic N) is 4. The van der Waals surface area contributed by atoms with Crippen molar-refractivity contribution in [1.29, 1.82) is 0 Å². The van der Waals surface area contributed by atoms with E-state index in [9.17, 15) is 0 Å². The molecule has 1 fully saturated rings. The van der Waals surface area contributed by atoms with Crippen molar-refractivity contribution in [3.63, 3.8) is 0 Å². The van der Waals surface area contributed by atoms with E-state index in [-0.39, 0.29) is 0 Å². The van der Waals surface area contributed by atoms with Crippen molar-refractivity contribution >= 4 is 0 Å². The Morgan fingerprint density at radius 3 is 2.32 bits per heavy atom. The SMILES string of the molecule is c1ccc(Cn2cc(CNCc3ccc(CN4CCOCC4)cc3)c(-c3cccnc3)n2)cc1. The van der Waals surface area contributed by atoms with Crippen molar-refractivity contribution in [1.82, 2.24) is 25.0 Å².